The van der Waals surface area contributed by atoms with Crippen molar-refractivity contribution in [3.8, 4) is 0 Å². The van der Waals surface area contributed by atoms with Gasteiger partial charge in [0.1, 0.15) is 5.52 Å². The van der Waals surface area contributed by atoms with Gasteiger partial charge in [-0.3, -0.25) is 0 Å². The molecule has 7 nitrogen and oxygen atoms in total. The summed E-state index contributed by atoms with van der Waals surface area (Å²) in [6, 6.07) is 5.96. The van der Waals surface area contributed by atoms with Gasteiger partial charge in [0, 0.05) is 25.7 Å². The normalized spacial score (nSPS) is 24.8. The number of morpholine rings is 2. The summed E-state index contributed by atoms with van der Waals surface area (Å²) < 4.78 is 11.4. The number of anilines is 1. The zero-order valence-electron chi connectivity index (χ0n) is 12.2. The maximum absolute atomic E-state index is 11.1. The highest BCUT2D eigenvalue weighted by atomic mass is 16.5. The summed E-state index contributed by atoms with van der Waals surface area (Å²) >= 11 is 0. The summed E-state index contributed by atoms with van der Waals surface area (Å²) in [4.78, 5) is 19.2. The summed E-state index contributed by atoms with van der Waals surface area (Å²) in [5, 5.41) is 9.14. The van der Waals surface area contributed by atoms with Gasteiger partial charge in [0.15, 0.2) is 11.5 Å². The van der Waals surface area contributed by atoms with Gasteiger partial charge in [0.2, 0.25) is 0 Å². The van der Waals surface area contributed by atoms with Gasteiger partial charge in [0.05, 0.1) is 25.3 Å². The smallest absolute Gasteiger partial charge is 0.407 e. The molecule has 0 radical (unpaired) electrons. The Labute approximate surface area is 127 Å². The van der Waals surface area contributed by atoms with Crippen LogP contribution >= 0.6 is 0 Å². The number of carbonyl (C=O) groups is 1. The standard InChI is InChI=1S/C15H17N3O4/c1-9-16-13-4-10(2-3-14(13)21-9)17-5-11-7-18(15(19)20)8-12(6-17)22-11/h2-4,11-12H,5-8H2,1H3,(H,19,20). The van der Waals surface area contributed by atoms with Crippen molar-refractivity contribution in [3.63, 3.8) is 0 Å². The van der Waals surface area contributed by atoms with Crippen LogP contribution in [0, 0.1) is 6.92 Å². The van der Waals surface area contributed by atoms with E-state index in [4.69, 9.17) is 14.3 Å². The number of benzene rings is 1. The monoisotopic (exact) mass is 303 g/mol. The number of oxazole rings is 1. The van der Waals surface area contributed by atoms with Gasteiger partial charge < -0.3 is 24.1 Å². The van der Waals surface area contributed by atoms with Crippen LogP contribution < -0.4 is 4.90 Å². The van der Waals surface area contributed by atoms with Crippen LogP contribution in [-0.2, 0) is 4.74 Å². The Kier molecular flexibility index (Phi) is 2.97. The minimum atomic E-state index is -0.869. The van der Waals surface area contributed by atoms with Crippen molar-refractivity contribution in [1.82, 2.24) is 9.88 Å². The number of nitrogens with zero attached hydrogens (tertiary/aromatic N) is 3. The third-order valence-corrected chi connectivity index (χ3v) is 4.19. The molecular formula is C15H17N3O4. The number of ether oxygens (including phenoxy) is 1. The number of carboxylic acid groups (broad SMARTS) is 1. The molecule has 4 rings (SSSR count). The highest BCUT2D eigenvalue weighted by molar-refractivity contribution is 5.77. The topological polar surface area (TPSA) is 79.0 Å². The molecule has 2 unspecified atom stereocenters. The zero-order chi connectivity index (χ0) is 15.3. The molecule has 0 aliphatic carbocycles. The molecule has 2 fully saturated rings. The van der Waals surface area contributed by atoms with E-state index in [2.05, 4.69) is 9.88 Å². The van der Waals surface area contributed by atoms with Crippen LogP contribution in [-0.4, -0.2) is 59.5 Å². The maximum Gasteiger partial charge on any atom is 0.407 e. The number of aryl methyl sites for hydroxylation is 1. The van der Waals surface area contributed by atoms with E-state index in [9.17, 15) is 4.79 Å². The first kappa shape index (κ1) is 13.4. The molecule has 1 aromatic carbocycles. The van der Waals surface area contributed by atoms with Crippen LogP contribution in [0.15, 0.2) is 22.6 Å². The second-order valence-corrected chi connectivity index (χ2v) is 5.86. The fraction of sp³-hybridized carbons (Fsp3) is 0.467. The third-order valence-electron chi connectivity index (χ3n) is 4.19. The molecule has 3 heterocycles. The predicted molar refractivity (Wildman–Crippen MR) is 79.2 cm³/mol. The molecule has 7 heteroatoms. The number of hydrogen-bond donors (Lipinski definition) is 1. The average molecular weight is 303 g/mol. The molecule has 1 aromatic heterocycles. The minimum Gasteiger partial charge on any atom is -0.465 e. The van der Waals surface area contributed by atoms with Gasteiger partial charge in [-0.25, -0.2) is 9.78 Å². The molecule has 2 saturated heterocycles. The summed E-state index contributed by atoms with van der Waals surface area (Å²) in [7, 11) is 0. The molecule has 1 amide bonds. The SMILES string of the molecule is Cc1nc2cc(N3CC4CN(C(=O)O)CC(C3)O4)ccc2o1. The van der Waals surface area contributed by atoms with Crippen LogP contribution in [0.4, 0.5) is 10.5 Å². The first-order chi connectivity index (χ1) is 10.6. The number of rotatable bonds is 1. The zero-order valence-corrected chi connectivity index (χ0v) is 12.2. The largest absolute Gasteiger partial charge is 0.465 e. The Hall–Kier alpha value is -2.28. The van der Waals surface area contributed by atoms with Crippen molar-refractivity contribution in [1.29, 1.82) is 0 Å². The first-order valence-corrected chi connectivity index (χ1v) is 7.34. The van der Waals surface area contributed by atoms with Gasteiger partial charge >= 0.3 is 6.09 Å². The Bertz CT molecular complexity index is 715. The first-order valence-electron chi connectivity index (χ1n) is 7.34. The van der Waals surface area contributed by atoms with Crippen molar-refractivity contribution in [2.75, 3.05) is 31.1 Å². The number of hydrogen-bond acceptors (Lipinski definition) is 5. The Balaban J connectivity index is 1.57. The minimum absolute atomic E-state index is 0.0849. The lowest BCUT2D eigenvalue weighted by Gasteiger charge is -2.45. The molecule has 116 valence electrons. The summed E-state index contributed by atoms with van der Waals surface area (Å²) in [6.45, 7) is 4.05. The van der Waals surface area contributed by atoms with Gasteiger partial charge in [0.25, 0.3) is 0 Å². The quantitative estimate of drug-likeness (QED) is 0.864. The van der Waals surface area contributed by atoms with E-state index in [1.165, 1.54) is 4.90 Å². The summed E-state index contributed by atoms with van der Waals surface area (Å²) in [5.74, 6) is 0.656. The predicted octanol–water partition coefficient (Wildman–Crippen LogP) is 1.70. The summed E-state index contributed by atoms with van der Waals surface area (Å²) in [6.07, 6.45) is -1.04. The molecule has 1 N–H and O–H groups in total. The second kappa shape index (κ2) is 4.88. The highest BCUT2D eigenvalue weighted by Crippen LogP contribution is 2.27. The second-order valence-electron chi connectivity index (χ2n) is 5.86. The maximum atomic E-state index is 11.1. The molecule has 2 aliphatic heterocycles. The number of fused-ring (bicyclic) bond motifs is 3. The van der Waals surface area contributed by atoms with E-state index in [-0.39, 0.29) is 12.2 Å². The van der Waals surface area contributed by atoms with E-state index < -0.39 is 6.09 Å². The lowest BCUT2D eigenvalue weighted by atomic mass is 10.1. The van der Waals surface area contributed by atoms with Crippen molar-refractivity contribution in [2.45, 2.75) is 19.1 Å². The lowest BCUT2D eigenvalue weighted by molar-refractivity contribution is -0.0865. The lowest BCUT2D eigenvalue weighted by Crippen LogP contribution is -2.60. The van der Waals surface area contributed by atoms with E-state index in [1.54, 1.807) is 0 Å². The third kappa shape index (κ3) is 2.27. The molecule has 22 heavy (non-hydrogen) atoms. The van der Waals surface area contributed by atoms with Crippen molar-refractivity contribution in [2.24, 2.45) is 0 Å². The van der Waals surface area contributed by atoms with E-state index >= 15 is 0 Å². The molecular weight excluding hydrogens is 286 g/mol. The number of aromatic nitrogens is 1. The fourth-order valence-corrected chi connectivity index (χ4v) is 3.29. The molecule has 2 aliphatic rings. The molecule has 2 aromatic rings. The van der Waals surface area contributed by atoms with Crippen LogP contribution in [0.3, 0.4) is 0 Å². The highest BCUT2D eigenvalue weighted by Gasteiger charge is 2.36. The fourth-order valence-electron chi connectivity index (χ4n) is 3.29. The Morgan fingerprint density at radius 3 is 2.68 bits per heavy atom. The van der Waals surface area contributed by atoms with Crippen LogP contribution in [0.5, 0.6) is 0 Å². The van der Waals surface area contributed by atoms with Crippen molar-refractivity contribution >= 4 is 22.9 Å². The molecule has 0 spiro atoms. The van der Waals surface area contributed by atoms with Gasteiger partial charge in [-0.15, -0.1) is 0 Å². The molecule has 0 saturated carbocycles. The van der Waals surface area contributed by atoms with Crippen LogP contribution in [0.25, 0.3) is 11.1 Å². The summed E-state index contributed by atoms with van der Waals surface area (Å²) in [5.41, 5.74) is 2.70. The van der Waals surface area contributed by atoms with Crippen molar-refractivity contribution < 1.29 is 19.1 Å². The average Bonchev–Trinajstić information content (AvgIpc) is 2.85. The molecule has 2 bridgehead atoms. The Morgan fingerprint density at radius 1 is 1.27 bits per heavy atom. The molecule has 2 atom stereocenters. The van der Waals surface area contributed by atoms with E-state index in [0.717, 1.165) is 16.8 Å². The van der Waals surface area contributed by atoms with Gasteiger partial charge in [-0.1, -0.05) is 0 Å². The van der Waals surface area contributed by atoms with Crippen molar-refractivity contribution in [3.05, 3.63) is 24.1 Å². The van der Waals surface area contributed by atoms with Crippen LogP contribution in [0.2, 0.25) is 0 Å². The van der Waals surface area contributed by atoms with Gasteiger partial charge in [-0.2, -0.15) is 0 Å². The van der Waals surface area contributed by atoms with Crippen LogP contribution in [0.1, 0.15) is 5.89 Å². The number of amides is 1. The van der Waals surface area contributed by atoms with E-state index in [1.807, 2.05) is 25.1 Å². The Morgan fingerprint density at radius 2 is 2.00 bits per heavy atom. The van der Waals surface area contributed by atoms with Gasteiger partial charge in [-0.05, 0) is 18.2 Å². The van der Waals surface area contributed by atoms with E-state index in [0.29, 0.717) is 32.1 Å².